The van der Waals surface area contributed by atoms with E-state index in [0.29, 0.717) is 0 Å². The number of nitrogens with zero attached hydrogens (tertiary/aromatic N) is 2. The third kappa shape index (κ3) is 1.78. The Kier molecular flexibility index (Phi) is 2.90. The van der Waals surface area contributed by atoms with Gasteiger partial charge < -0.3 is 0 Å². The van der Waals surface area contributed by atoms with Crippen molar-refractivity contribution >= 4 is 21.5 Å². The van der Waals surface area contributed by atoms with Gasteiger partial charge in [0.05, 0.1) is 4.83 Å². The summed E-state index contributed by atoms with van der Waals surface area (Å²) in [6.07, 6.45) is 3.62. The lowest BCUT2D eigenvalue weighted by Gasteiger charge is -2.02. The minimum absolute atomic E-state index is 0.127. The first-order valence-electron chi connectivity index (χ1n) is 4.73. The molecule has 0 N–H and O–H groups in total. The number of allylic oxidation sites excluding steroid dienone is 4. The fourth-order valence-corrected chi connectivity index (χ4v) is 2.39. The van der Waals surface area contributed by atoms with Crippen LogP contribution in [0, 0.1) is 22.7 Å². The van der Waals surface area contributed by atoms with Gasteiger partial charge in [0.1, 0.15) is 17.7 Å². The molecule has 1 atom stereocenters. The maximum atomic E-state index is 8.72. The lowest BCUT2D eigenvalue weighted by molar-refractivity contribution is 1.29. The fraction of sp³-hybridized carbons (Fsp3) is 0.0769. The zero-order valence-corrected chi connectivity index (χ0v) is 9.90. The molecule has 0 spiro atoms. The largest absolute Gasteiger partial charge is 0.192 e. The number of rotatable bonds is 1. The molecule has 3 heteroatoms. The number of nitriles is 2. The minimum Gasteiger partial charge on any atom is -0.192 e. The van der Waals surface area contributed by atoms with E-state index in [-0.39, 0.29) is 10.4 Å². The molecule has 0 saturated carbocycles. The normalized spacial score (nSPS) is 16.7. The van der Waals surface area contributed by atoms with Gasteiger partial charge in [0.2, 0.25) is 0 Å². The second kappa shape index (κ2) is 4.35. The smallest absolute Gasteiger partial charge is 0.130 e. The highest BCUT2D eigenvalue weighted by atomic mass is 79.9. The first-order chi connectivity index (χ1) is 7.76. The van der Waals surface area contributed by atoms with Crippen LogP contribution in [-0.2, 0) is 0 Å². The molecule has 1 unspecified atom stereocenters. The predicted molar refractivity (Wildman–Crippen MR) is 65.4 cm³/mol. The summed E-state index contributed by atoms with van der Waals surface area (Å²) >= 11 is 3.54. The summed E-state index contributed by atoms with van der Waals surface area (Å²) in [7, 11) is 0. The van der Waals surface area contributed by atoms with Gasteiger partial charge >= 0.3 is 0 Å². The van der Waals surface area contributed by atoms with Gasteiger partial charge in [0.15, 0.2) is 0 Å². The van der Waals surface area contributed by atoms with Gasteiger partial charge in [0, 0.05) is 0 Å². The van der Waals surface area contributed by atoms with Crippen molar-refractivity contribution < 1.29 is 0 Å². The molecule has 0 bridgehead atoms. The van der Waals surface area contributed by atoms with Gasteiger partial charge in [0.25, 0.3) is 0 Å². The molecule has 0 aromatic heterocycles. The Hall–Kier alpha value is -1.84. The summed E-state index contributed by atoms with van der Waals surface area (Å²) in [5.41, 5.74) is 3.30. The van der Waals surface area contributed by atoms with E-state index < -0.39 is 0 Å². The molecule has 1 aliphatic carbocycles. The van der Waals surface area contributed by atoms with Crippen LogP contribution in [0.3, 0.4) is 0 Å². The zero-order valence-electron chi connectivity index (χ0n) is 8.31. The molecular weight excluding hydrogens is 264 g/mol. The lowest BCUT2D eigenvalue weighted by Crippen LogP contribution is -1.84. The Morgan fingerprint density at radius 3 is 2.62 bits per heavy atom. The third-order valence-electron chi connectivity index (χ3n) is 2.44. The monoisotopic (exact) mass is 270 g/mol. The summed E-state index contributed by atoms with van der Waals surface area (Å²) in [5.74, 6) is 0. The molecule has 1 aromatic carbocycles. The summed E-state index contributed by atoms with van der Waals surface area (Å²) in [5, 5.41) is 17.4. The average molecular weight is 271 g/mol. The molecule has 0 radical (unpaired) electrons. The molecule has 2 rings (SSSR count). The van der Waals surface area contributed by atoms with Crippen LogP contribution in [-0.4, -0.2) is 0 Å². The number of benzene rings is 1. The molecule has 0 heterocycles. The summed E-state index contributed by atoms with van der Waals surface area (Å²) < 4.78 is 0. The van der Waals surface area contributed by atoms with E-state index in [4.69, 9.17) is 10.5 Å². The van der Waals surface area contributed by atoms with Gasteiger partial charge in [-0.15, -0.1) is 0 Å². The van der Waals surface area contributed by atoms with Crippen LogP contribution >= 0.6 is 15.9 Å². The highest BCUT2D eigenvalue weighted by molar-refractivity contribution is 9.09. The number of hydrogen-bond donors (Lipinski definition) is 0. The fourth-order valence-electron chi connectivity index (χ4n) is 1.71. The molecule has 0 fully saturated rings. The van der Waals surface area contributed by atoms with Crippen LogP contribution in [0.1, 0.15) is 16.0 Å². The molecule has 0 amide bonds. The summed E-state index contributed by atoms with van der Waals surface area (Å²) in [4.78, 5) is 0.161. The van der Waals surface area contributed by atoms with Crippen molar-refractivity contribution in [2.24, 2.45) is 0 Å². The van der Waals surface area contributed by atoms with E-state index in [1.807, 2.05) is 42.5 Å². The van der Waals surface area contributed by atoms with E-state index in [2.05, 4.69) is 15.9 Å². The number of alkyl halides is 1. The number of fused-ring (bicyclic) bond motifs is 1. The maximum absolute atomic E-state index is 8.72. The Labute approximate surface area is 102 Å². The van der Waals surface area contributed by atoms with Crippen molar-refractivity contribution in [1.82, 2.24) is 0 Å². The molecule has 76 valence electrons. The van der Waals surface area contributed by atoms with Gasteiger partial charge in [-0.1, -0.05) is 46.3 Å². The minimum atomic E-state index is 0.127. The van der Waals surface area contributed by atoms with Crippen molar-refractivity contribution in [3.63, 3.8) is 0 Å². The standard InChI is InChI=1S/C13H7BrN2/c14-13-6-10(5-9(7-15)8-16)11-3-1-2-4-12(11)13/h1-6,13H. The highest BCUT2D eigenvalue weighted by Crippen LogP contribution is 2.40. The van der Waals surface area contributed by atoms with Crippen LogP contribution in [0.2, 0.25) is 0 Å². The Morgan fingerprint density at radius 2 is 1.94 bits per heavy atom. The lowest BCUT2D eigenvalue weighted by atomic mass is 10.0. The Bertz CT molecular complexity index is 554. The van der Waals surface area contributed by atoms with Crippen molar-refractivity contribution in [1.29, 1.82) is 10.5 Å². The second-order valence-corrected chi connectivity index (χ2v) is 4.38. The maximum Gasteiger partial charge on any atom is 0.130 e. The Balaban J connectivity index is 2.49. The molecule has 2 nitrogen and oxygen atoms in total. The number of hydrogen-bond acceptors (Lipinski definition) is 2. The van der Waals surface area contributed by atoms with Gasteiger partial charge in [-0.2, -0.15) is 10.5 Å². The molecule has 0 aliphatic heterocycles. The van der Waals surface area contributed by atoms with Crippen LogP contribution in [0.25, 0.3) is 5.57 Å². The van der Waals surface area contributed by atoms with Crippen molar-refractivity contribution in [3.8, 4) is 12.1 Å². The molecule has 16 heavy (non-hydrogen) atoms. The van der Waals surface area contributed by atoms with Crippen molar-refractivity contribution in [2.45, 2.75) is 4.83 Å². The SMILES string of the molecule is N#CC(C#N)=CC1=CC(Br)c2ccccc21. The molecule has 0 saturated heterocycles. The van der Waals surface area contributed by atoms with Crippen LogP contribution < -0.4 is 0 Å². The topological polar surface area (TPSA) is 47.6 Å². The van der Waals surface area contributed by atoms with Gasteiger partial charge in [-0.3, -0.25) is 0 Å². The van der Waals surface area contributed by atoms with E-state index in [0.717, 1.165) is 11.1 Å². The quantitative estimate of drug-likeness (QED) is 0.579. The van der Waals surface area contributed by atoms with Crippen molar-refractivity contribution in [3.05, 3.63) is 53.1 Å². The first-order valence-corrected chi connectivity index (χ1v) is 5.65. The van der Waals surface area contributed by atoms with Gasteiger partial charge in [-0.05, 0) is 22.8 Å². The molecule has 1 aromatic rings. The van der Waals surface area contributed by atoms with E-state index >= 15 is 0 Å². The summed E-state index contributed by atoms with van der Waals surface area (Å²) in [6, 6.07) is 11.7. The van der Waals surface area contributed by atoms with Crippen LogP contribution in [0.15, 0.2) is 42.0 Å². The molecule has 1 aliphatic rings. The van der Waals surface area contributed by atoms with Crippen LogP contribution in [0.5, 0.6) is 0 Å². The highest BCUT2D eigenvalue weighted by Gasteiger charge is 2.19. The number of halogens is 1. The summed E-state index contributed by atoms with van der Waals surface area (Å²) in [6.45, 7) is 0. The second-order valence-electron chi connectivity index (χ2n) is 3.39. The van der Waals surface area contributed by atoms with E-state index in [9.17, 15) is 0 Å². The zero-order chi connectivity index (χ0) is 11.5. The van der Waals surface area contributed by atoms with Gasteiger partial charge in [-0.25, -0.2) is 0 Å². The van der Waals surface area contributed by atoms with Crippen molar-refractivity contribution in [2.75, 3.05) is 0 Å². The van der Waals surface area contributed by atoms with E-state index in [1.54, 1.807) is 6.08 Å². The predicted octanol–water partition coefficient (Wildman–Crippen LogP) is 3.49. The third-order valence-corrected chi connectivity index (χ3v) is 3.19. The van der Waals surface area contributed by atoms with Crippen LogP contribution in [0.4, 0.5) is 0 Å². The molecular formula is C13H7BrN2. The Morgan fingerprint density at radius 1 is 1.25 bits per heavy atom. The van der Waals surface area contributed by atoms with E-state index in [1.165, 1.54) is 5.56 Å². The average Bonchev–Trinajstić information content (AvgIpc) is 2.64. The first kappa shape index (κ1) is 10.7.